The van der Waals surface area contributed by atoms with Crippen molar-refractivity contribution in [2.45, 2.75) is 79.2 Å². The van der Waals surface area contributed by atoms with E-state index >= 15 is 0 Å². The van der Waals surface area contributed by atoms with Crippen LogP contribution >= 0.6 is 0 Å². The number of amides is 1. The highest BCUT2D eigenvalue weighted by Crippen LogP contribution is 2.31. The van der Waals surface area contributed by atoms with Gasteiger partial charge in [0.05, 0.1) is 19.0 Å². The average molecular weight is 424 g/mol. The lowest BCUT2D eigenvalue weighted by molar-refractivity contribution is 0.0261. The SMILES string of the molecule is CCC(C)=C(CC#N)C1=C(Nc2ccc(C(C)C)cc2)CCN(C(=O)OC(C)(C)C)C1. The average Bonchev–Trinajstić information content (AvgIpc) is 2.71. The second-order valence-electron chi connectivity index (χ2n) is 9.46. The van der Waals surface area contributed by atoms with Crippen LogP contribution in [0, 0.1) is 11.3 Å². The van der Waals surface area contributed by atoms with E-state index in [1.54, 1.807) is 4.90 Å². The first-order valence-electron chi connectivity index (χ1n) is 11.2. The zero-order valence-electron chi connectivity index (χ0n) is 20.1. The van der Waals surface area contributed by atoms with Gasteiger partial charge in [-0.3, -0.25) is 0 Å². The number of nitrogens with zero attached hydrogens (tertiary/aromatic N) is 2. The van der Waals surface area contributed by atoms with Gasteiger partial charge in [0.15, 0.2) is 0 Å². The monoisotopic (exact) mass is 423 g/mol. The van der Waals surface area contributed by atoms with Gasteiger partial charge in [-0.25, -0.2) is 4.79 Å². The molecular weight excluding hydrogens is 386 g/mol. The Bertz CT molecular complexity index is 881. The Morgan fingerprint density at radius 2 is 1.90 bits per heavy atom. The lowest BCUT2D eigenvalue weighted by atomic mass is 9.91. The summed E-state index contributed by atoms with van der Waals surface area (Å²) in [5.74, 6) is 0.485. The van der Waals surface area contributed by atoms with E-state index in [-0.39, 0.29) is 6.09 Å². The minimum Gasteiger partial charge on any atom is -0.444 e. The fourth-order valence-corrected chi connectivity index (χ4v) is 3.59. The fraction of sp³-hybridized carbons (Fsp3) is 0.538. The molecule has 31 heavy (non-hydrogen) atoms. The molecule has 5 heteroatoms. The van der Waals surface area contributed by atoms with E-state index in [1.165, 1.54) is 11.1 Å². The number of allylic oxidation sites excluding steroid dienone is 1. The Hall–Kier alpha value is -2.74. The Balaban J connectivity index is 2.41. The van der Waals surface area contributed by atoms with Crippen molar-refractivity contribution >= 4 is 11.8 Å². The second-order valence-corrected chi connectivity index (χ2v) is 9.46. The quantitative estimate of drug-likeness (QED) is 0.549. The van der Waals surface area contributed by atoms with Crippen LogP contribution in [0.3, 0.4) is 0 Å². The Kier molecular flexibility index (Phi) is 8.33. The van der Waals surface area contributed by atoms with Gasteiger partial charge in [0.25, 0.3) is 0 Å². The Morgan fingerprint density at radius 1 is 1.26 bits per heavy atom. The molecule has 0 bridgehead atoms. The molecule has 0 fully saturated rings. The van der Waals surface area contributed by atoms with Gasteiger partial charge in [-0.05, 0) is 68.9 Å². The number of ether oxygens (including phenoxy) is 1. The van der Waals surface area contributed by atoms with E-state index in [9.17, 15) is 10.1 Å². The zero-order chi connectivity index (χ0) is 23.2. The maximum Gasteiger partial charge on any atom is 0.410 e. The number of nitriles is 1. The molecule has 1 amide bonds. The van der Waals surface area contributed by atoms with Crippen LogP contribution in [0.4, 0.5) is 10.5 Å². The third-order valence-corrected chi connectivity index (χ3v) is 5.53. The van der Waals surface area contributed by atoms with Gasteiger partial charge in [0.2, 0.25) is 0 Å². The van der Waals surface area contributed by atoms with Crippen LogP contribution in [0.2, 0.25) is 0 Å². The summed E-state index contributed by atoms with van der Waals surface area (Å²) in [7, 11) is 0. The maximum atomic E-state index is 12.7. The minimum absolute atomic E-state index is 0.309. The molecule has 0 atom stereocenters. The van der Waals surface area contributed by atoms with Crippen LogP contribution in [-0.4, -0.2) is 29.7 Å². The number of carbonyl (C=O) groups is 1. The molecule has 168 valence electrons. The van der Waals surface area contributed by atoms with Crippen LogP contribution in [0.1, 0.15) is 79.2 Å². The number of nitrogens with one attached hydrogen (secondary N) is 1. The molecule has 0 aliphatic carbocycles. The molecule has 0 aromatic heterocycles. The molecule has 1 aromatic rings. The first-order chi connectivity index (χ1) is 14.6. The zero-order valence-corrected chi connectivity index (χ0v) is 20.1. The Labute approximate surface area is 187 Å². The summed E-state index contributed by atoms with van der Waals surface area (Å²) < 4.78 is 5.60. The number of hydrogen-bond acceptors (Lipinski definition) is 4. The number of rotatable bonds is 6. The van der Waals surface area contributed by atoms with Crippen LogP contribution in [0.15, 0.2) is 46.7 Å². The van der Waals surface area contributed by atoms with Crippen molar-refractivity contribution < 1.29 is 9.53 Å². The van der Waals surface area contributed by atoms with Crippen LogP contribution < -0.4 is 5.32 Å². The molecule has 0 saturated carbocycles. The van der Waals surface area contributed by atoms with E-state index in [0.717, 1.165) is 29.0 Å². The lowest BCUT2D eigenvalue weighted by Crippen LogP contribution is -2.41. The maximum absolute atomic E-state index is 12.7. The molecule has 1 aliphatic heterocycles. The van der Waals surface area contributed by atoms with Gasteiger partial charge in [0.1, 0.15) is 5.60 Å². The summed E-state index contributed by atoms with van der Waals surface area (Å²) in [5.41, 5.74) is 6.10. The highest BCUT2D eigenvalue weighted by atomic mass is 16.6. The van der Waals surface area contributed by atoms with Crippen molar-refractivity contribution in [2.24, 2.45) is 0 Å². The van der Waals surface area contributed by atoms with E-state index in [2.05, 4.69) is 63.3 Å². The Morgan fingerprint density at radius 3 is 2.42 bits per heavy atom. The van der Waals surface area contributed by atoms with E-state index in [1.807, 2.05) is 20.8 Å². The molecule has 5 nitrogen and oxygen atoms in total. The molecule has 0 saturated heterocycles. The van der Waals surface area contributed by atoms with Gasteiger partial charge >= 0.3 is 6.09 Å². The molecule has 1 aromatic carbocycles. The molecule has 2 rings (SSSR count). The third-order valence-electron chi connectivity index (χ3n) is 5.53. The molecule has 1 heterocycles. The van der Waals surface area contributed by atoms with Crippen molar-refractivity contribution in [1.29, 1.82) is 5.26 Å². The van der Waals surface area contributed by atoms with E-state index in [4.69, 9.17) is 4.74 Å². The van der Waals surface area contributed by atoms with E-state index in [0.29, 0.717) is 31.8 Å². The van der Waals surface area contributed by atoms with Crippen molar-refractivity contribution in [3.8, 4) is 6.07 Å². The molecule has 0 spiro atoms. The van der Waals surface area contributed by atoms with E-state index < -0.39 is 5.60 Å². The van der Waals surface area contributed by atoms with Crippen molar-refractivity contribution in [3.05, 3.63) is 52.2 Å². The number of hydrogen-bond donors (Lipinski definition) is 1. The molecule has 1 aliphatic rings. The van der Waals surface area contributed by atoms with Crippen molar-refractivity contribution in [1.82, 2.24) is 4.90 Å². The molecule has 0 radical (unpaired) electrons. The van der Waals surface area contributed by atoms with Crippen LogP contribution in [0.25, 0.3) is 0 Å². The van der Waals surface area contributed by atoms with Crippen LogP contribution in [0.5, 0.6) is 0 Å². The highest BCUT2D eigenvalue weighted by molar-refractivity contribution is 5.70. The summed E-state index contributed by atoms with van der Waals surface area (Å²) in [4.78, 5) is 14.5. The predicted octanol–water partition coefficient (Wildman–Crippen LogP) is 6.76. The van der Waals surface area contributed by atoms with Crippen LogP contribution in [-0.2, 0) is 4.74 Å². The molecular formula is C26H37N3O2. The van der Waals surface area contributed by atoms with Gasteiger partial charge in [-0.1, -0.05) is 38.5 Å². The second kappa shape index (κ2) is 10.5. The van der Waals surface area contributed by atoms with Crippen molar-refractivity contribution in [2.75, 3.05) is 18.4 Å². The molecule has 0 unspecified atom stereocenters. The number of benzene rings is 1. The predicted molar refractivity (Wildman–Crippen MR) is 127 cm³/mol. The lowest BCUT2D eigenvalue weighted by Gasteiger charge is -2.34. The first-order valence-corrected chi connectivity index (χ1v) is 11.2. The summed E-state index contributed by atoms with van der Waals surface area (Å²) >= 11 is 0. The summed E-state index contributed by atoms with van der Waals surface area (Å²) in [6, 6.07) is 10.8. The highest BCUT2D eigenvalue weighted by Gasteiger charge is 2.29. The van der Waals surface area contributed by atoms with Gasteiger partial charge in [-0.2, -0.15) is 5.26 Å². The van der Waals surface area contributed by atoms with Gasteiger partial charge < -0.3 is 15.0 Å². The summed E-state index contributed by atoms with van der Waals surface area (Å²) in [6.45, 7) is 15.2. The third kappa shape index (κ3) is 6.89. The summed E-state index contributed by atoms with van der Waals surface area (Å²) in [5, 5.41) is 13.0. The standard InChI is InChI=1S/C26H37N3O2/c1-8-19(4)22(13-15-27)23-17-29(25(30)31-26(5,6)7)16-14-24(23)28-21-11-9-20(10-12-21)18(2)3/h9-12,18,28H,8,13-14,16-17H2,1-7H3. The molecule has 1 N–H and O–H groups in total. The minimum atomic E-state index is -0.539. The number of anilines is 1. The normalized spacial score (nSPS) is 15.5. The smallest absolute Gasteiger partial charge is 0.410 e. The van der Waals surface area contributed by atoms with Crippen molar-refractivity contribution in [3.63, 3.8) is 0 Å². The number of carbonyl (C=O) groups excluding carboxylic acids is 1. The van der Waals surface area contributed by atoms with Gasteiger partial charge in [-0.15, -0.1) is 0 Å². The first kappa shape index (κ1) is 24.5. The fourth-order valence-electron chi connectivity index (χ4n) is 3.59. The topological polar surface area (TPSA) is 65.4 Å². The van der Waals surface area contributed by atoms with Gasteiger partial charge in [0, 0.05) is 24.4 Å². The largest absolute Gasteiger partial charge is 0.444 e. The summed E-state index contributed by atoms with van der Waals surface area (Å²) in [6.07, 6.45) is 1.57.